The summed E-state index contributed by atoms with van der Waals surface area (Å²) < 4.78 is 0. The average molecular weight is 268 g/mol. The Labute approximate surface area is 114 Å². The van der Waals surface area contributed by atoms with Crippen molar-refractivity contribution in [2.75, 3.05) is 38.6 Å². The van der Waals surface area contributed by atoms with Crippen LogP contribution in [-0.4, -0.2) is 49.7 Å². The zero-order chi connectivity index (χ0) is 13.0. The molecule has 1 atom stereocenters. The summed E-state index contributed by atoms with van der Waals surface area (Å²) in [5, 5.41) is 6.62. The van der Waals surface area contributed by atoms with Crippen LogP contribution in [0, 0.1) is 0 Å². The molecule has 5 heteroatoms. The maximum absolute atomic E-state index is 4.68. The maximum atomic E-state index is 4.68. The van der Waals surface area contributed by atoms with Gasteiger partial charge in [0.15, 0.2) is 5.13 Å². The molecule has 102 valence electrons. The molecule has 1 N–H and O–H groups in total. The second-order valence-electron chi connectivity index (χ2n) is 5.06. The summed E-state index contributed by atoms with van der Waals surface area (Å²) in [6, 6.07) is 0.691. The molecule has 1 aliphatic rings. The van der Waals surface area contributed by atoms with E-state index in [-0.39, 0.29) is 0 Å². The van der Waals surface area contributed by atoms with E-state index in [4.69, 9.17) is 0 Å². The smallest absolute Gasteiger partial charge is 0.185 e. The van der Waals surface area contributed by atoms with Crippen LogP contribution in [-0.2, 0) is 6.54 Å². The molecule has 2 heterocycles. The van der Waals surface area contributed by atoms with Crippen LogP contribution in [0.2, 0.25) is 0 Å². The summed E-state index contributed by atoms with van der Waals surface area (Å²) in [6.45, 7) is 6.32. The van der Waals surface area contributed by atoms with Crippen LogP contribution in [0.5, 0.6) is 0 Å². The molecule has 1 saturated heterocycles. The number of nitrogens with one attached hydrogen (secondary N) is 1. The molecule has 1 fully saturated rings. The minimum atomic E-state index is 0.691. The second kappa shape index (κ2) is 6.50. The van der Waals surface area contributed by atoms with E-state index >= 15 is 0 Å². The molecule has 0 amide bonds. The van der Waals surface area contributed by atoms with Crippen LogP contribution < -0.4 is 10.2 Å². The topological polar surface area (TPSA) is 31.4 Å². The third-order valence-electron chi connectivity index (χ3n) is 3.58. The van der Waals surface area contributed by atoms with Crippen molar-refractivity contribution < 1.29 is 0 Å². The van der Waals surface area contributed by atoms with Crippen molar-refractivity contribution in [2.45, 2.75) is 32.4 Å². The monoisotopic (exact) mass is 268 g/mol. The summed E-state index contributed by atoms with van der Waals surface area (Å²) >= 11 is 1.75. The molecular formula is C13H24N4S. The maximum Gasteiger partial charge on any atom is 0.185 e. The summed E-state index contributed by atoms with van der Waals surface area (Å²) in [5.74, 6) is 0. The lowest BCUT2D eigenvalue weighted by atomic mass is 10.2. The zero-order valence-corrected chi connectivity index (χ0v) is 12.5. The molecule has 1 aromatic heterocycles. The van der Waals surface area contributed by atoms with Crippen LogP contribution in [0.4, 0.5) is 5.13 Å². The van der Waals surface area contributed by atoms with Crippen molar-refractivity contribution in [1.82, 2.24) is 15.2 Å². The molecule has 1 aromatic rings. The lowest BCUT2D eigenvalue weighted by molar-refractivity contribution is 0.314. The number of likely N-dealkylation sites (N-methyl/N-ethyl adjacent to an activating group) is 2. The first kappa shape index (κ1) is 13.8. The molecule has 0 aliphatic carbocycles. The lowest BCUT2D eigenvalue weighted by Gasteiger charge is -2.25. The van der Waals surface area contributed by atoms with Gasteiger partial charge in [0.05, 0.1) is 5.69 Å². The van der Waals surface area contributed by atoms with E-state index in [1.165, 1.54) is 19.4 Å². The molecule has 4 nitrogen and oxygen atoms in total. The first-order valence-electron chi connectivity index (χ1n) is 6.77. The number of nitrogens with zero attached hydrogens (tertiary/aromatic N) is 3. The van der Waals surface area contributed by atoms with Gasteiger partial charge in [0.2, 0.25) is 0 Å². The Balaban J connectivity index is 1.88. The summed E-state index contributed by atoms with van der Waals surface area (Å²) in [6.07, 6.45) is 2.65. The Morgan fingerprint density at radius 2 is 2.44 bits per heavy atom. The minimum absolute atomic E-state index is 0.691. The van der Waals surface area contributed by atoms with Gasteiger partial charge < -0.3 is 15.1 Å². The van der Waals surface area contributed by atoms with Gasteiger partial charge in [0.25, 0.3) is 0 Å². The second-order valence-corrected chi connectivity index (χ2v) is 5.90. The highest BCUT2D eigenvalue weighted by Crippen LogP contribution is 2.22. The van der Waals surface area contributed by atoms with Gasteiger partial charge in [0, 0.05) is 31.6 Å². The van der Waals surface area contributed by atoms with E-state index in [0.29, 0.717) is 6.04 Å². The normalized spacial score (nSPS) is 20.5. The fourth-order valence-corrected chi connectivity index (χ4v) is 3.21. The van der Waals surface area contributed by atoms with Gasteiger partial charge in [0.1, 0.15) is 0 Å². The van der Waals surface area contributed by atoms with E-state index < -0.39 is 0 Å². The van der Waals surface area contributed by atoms with E-state index in [2.05, 4.69) is 46.5 Å². The van der Waals surface area contributed by atoms with E-state index in [9.17, 15) is 0 Å². The third kappa shape index (κ3) is 3.43. The SMILES string of the molecule is CCNCc1csc(N(C)CC2CCCN2C)n1. The van der Waals surface area contributed by atoms with E-state index in [0.717, 1.165) is 30.5 Å². The molecular weight excluding hydrogens is 244 g/mol. The fourth-order valence-electron chi connectivity index (χ4n) is 2.41. The Bertz CT molecular complexity index is 366. The fraction of sp³-hybridized carbons (Fsp3) is 0.769. The van der Waals surface area contributed by atoms with Crippen molar-refractivity contribution in [1.29, 1.82) is 0 Å². The van der Waals surface area contributed by atoms with Gasteiger partial charge in [-0.15, -0.1) is 11.3 Å². The Morgan fingerprint density at radius 1 is 1.61 bits per heavy atom. The van der Waals surface area contributed by atoms with Crippen molar-refractivity contribution >= 4 is 16.5 Å². The standard InChI is InChI=1S/C13H24N4S/c1-4-14-8-11-10-18-13(15-11)17(3)9-12-6-5-7-16(12)2/h10,12,14H,4-9H2,1-3H3. The quantitative estimate of drug-likeness (QED) is 0.852. The Morgan fingerprint density at radius 3 is 3.11 bits per heavy atom. The van der Waals surface area contributed by atoms with Gasteiger partial charge >= 0.3 is 0 Å². The number of hydrogen-bond donors (Lipinski definition) is 1. The highest BCUT2D eigenvalue weighted by molar-refractivity contribution is 7.13. The van der Waals surface area contributed by atoms with Crippen LogP contribution in [0.15, 0.2) is 5.38 Å². The predicted octanol–water partition coefficient (Wildman–Crippen LogP) is 1.78. The molecule has 2 rings (SSSR count). The van der Waals surface area contributed by atoms with Crippen molar-refractivity contribution in [2.24, 2.45) is 0 Å². The summed E-state index contributed by atoms with van der Waals surface area (Å²) in [4.78, 5) is 9.44. The van der Waals surface area contributed by atoms with Gasteiger partial charge in [-0.3, -0.25) is 0 Å². The lowest BCUT2D eigenvalue weighted by Crippen LogP contribution is -2.36. The molecule has 0 aromatic carbocycles. The number of thiazole rings is 1. The Hall–Kier alpha value is -0.650. The van der Waals surface area contributed by atoms with Crippen LogP contribution in [0.25, 0.3) is 0 Å². The van der Waals surface area contributed by atoms with Crippen molar-refractivity contribution in [3.05, 3.63) is 11.1 Å². The number of rotatable bonds is 6. The van der Waals surface area contributed by atoms with E-state index in [1.54, 1.807) is 11.3 Å². The predicted molar refractivity (Wildman–Crippen MR) is 78.4 cm³/mol. The number of anilines is 1. The molecule has 18 heavy (non-hydrogen) atoms. The molecule has 0 bridgehead atoms. The number of likely N-dealkylation sites (tertiary alicyclic amines) is 1. The van der Waals surface area contributed by atoms with Crippen molar-refractivity contribution in [3.63, 3.8) is 0 Å². The van der Waals surface area contributed by atoms with Gasteiger partial charge in [-0.2, -0.15) is 0 Å². The first-order chi connectivity index (χ1) is 8.70. The van der Waals surface area contributed by atoms with Gasteiger partial charge in [-0.05, 0) is 33.0 Å². The molecule has 0 radical (unpaired) electrons. The van der Waals surface area contributed by atoms with Gasteiger partial charge in [-0.1, -0.05) is 6.92 Å². The largest absolute Gasteiger partial charge is 0.350 e. The summed E-state index contributed by atoms with van der Waals surface area (Å²) in [7, 11) is 4.38. The highest BCUT2D eigenvalue weighted by Gasteiger charge is 2.22. The first-order valence-corrected chi connectivity index (χ1v) is 7.65. The minimum Gasteiger partial charge on any atom is -0.350 e. The van der Waals surface area contributed by atoms with Crippen LogP contribution in [0.3, 0.4) is 0 Å². The Kier molecular flexibility index (Phi) is 4.97. The molecule has 1 aliphatic heterocycles. The highest BCUT2D eigenvalue weighted by atomic mass is 32.1. The van der Waals surface area contributed by atoms with Crippen LogP contribution in [0.1, 0.15) is 25.5 Å². The van der Waals surface area contributed by atoms with Crippen molar-refractivity contribution in [3.8, 4) is 0 Å². The number of hydrogen-bond acceptors (Lipinski definition) is 5. The molecule has 0 saturated carbocycles. The van der Waals surface area contributed by atoms with Crippen LogP contribution >= 0.6 is 11.3 Å². The summed E-state index contributed by atoms with van der Waals surface area (Å²) in [5.41, 5.74) is 1.16. The third-order valence-corrected chi connectivity index (χ3v) is 4.58. The van der Waals surface area contributed by atoms with E-state index in [1.807, 2.05) is 0 Å². The zero-order valence-electron chi connectivity index (χ0n) is 11.6. The molecule has 0 spiro atoms. The number of aromatic nitrogens is 1. The molecule has 1 unspecified atom stereocenters. The average Bonchev–Trinajstić information content (AvgIpc) is 2.97. The van der Waals surface area contributed by atoms with Gasteiger partial charge in [-0.25, -0.2) is 4.98 Å².